The van der Waals surface area contributed by atoms with Crippen molar-refractivity contribution in [1.29, 1.82) is 0 Å². The number of aliphatic hydroxyl groups excluding tert-OH is 1. The van der Waals surface area contributed by atoms with Gasteiger partial charge in [0.25, 0.3) is 5.91 Å². The van der Waals surface area contributed by atoms with Crippen molar-refractivity contribution in [3.05, 3.63) is 95.6 Å². The second kappa shape index (κ2) is 15.5. The van der Waals surface area contributed by atoms with Gasteiger partial charge in [0, 0.05) is 24.8 Å². The van der Waals surface area contributed by atoms with E-state index in [1.165, 1.54) is 4.90 Å². The van der Waals surface area contributed by atoms with Gasteiger partial charge in [-0.1, -0.05) is 118 Å². The Morgan fingerprint density at radius 1 is 0.945 bits per heavy atom. The number of alkyl carbamates (subject to hydrolysis) is 1. The number of carbonyl (C=O) groups excluding carboxylic acids is 4. The molecule has 2 aliphatic heterocycles. The average molecular weight is 750 g/mol. The van der Waals surface area contributed by atoms with Crippen LogP contribution in [0.25, 0.3) is 11.1 Å². The predicted molar refractivity (Wildman–Crippen MR) is 207 cm³/mol. The highest BCUT2D eigenvalue weighted by Gasteiger charge is 2.56. The Bertz CT molecular complexity index is 1910. The van der Waals surface area contributed by atoms with E-state index in [0.29, 0.717) is 25.0 Å². The van der Waals surface area contributed by atoms with Crippen LogP contribution in [0.15, 0.2) is 84.0 Å². The molecule has 2 fully saturated rings. The van der Waals surface area contributed by atoms with Crippen LogP contribution in [0.5, 0.6) is 0 Å². The van der Waals surface area contributed by atoms with Gasteiger partial charge in [0.1, 0.15) is 18.7 Å². The summed E-state index contributed by atoms with van der Waals surface area (Å²) in [6.07, 6.45) is 0.936. The summed E-state index contributed by atoms with van der Waals surface area (Å²) in [5.74, 6) is -1.69. The largest absolute Gasteiger partial charge is 0.449 e. The van der Waals surface area contributed by atoms with E-state index in [1.54, 1.807) is 0 Å². The van der Waals surface area contributed by atoms with Crippen molar-refractivity contribution in [1.82, 2.24) is 20.9 Å². The molecule has 3 aromatic rings. The van der Waals surface area contributed by atoms with Crippen LogP contribution < -0.4 is 16.0 Å². The zero-order valence-electron chi connectivity index (χ0n) is 31.9. The molecule has 0 radical (unpaired) electrons. The Kier molecular flexibility index (Phi) is 10.7. The van der Waals surface area contributed by atoms with Crippen molar-refractivity contribution < 1.29 is 33.9 Å². The van der Waals surface area contributed by atoms with Crippen molar-refractivity contribution in [2.24, 2.45) is 10.6 Å². The molecular weight excluding hydrogens is 699 g/mol. The Morgan fingerprint density at radius 2 is 1.58 bits per heavy atom. The molecule has 1 saturated heterocycles. The highest BCUT2D eigenvalue weighted by atomic mass is 16.7. The molecule has 290 valence electrons. The van der Waals surface area contributed by atoms with Crippen molar-refractivity contribution in [3.8, 4) is 11.1 Å². The first kappa shape index (κ1) is 38.1. The zero-order valence-corrected chi connectivity index (χ0v) is 31.9. The number of benzene rings is 3. The minimum Gasteiger partial charge on any atom is -0.449 e. The Hall–Kier alpha value is -5.23. The second-order valence-electron chi connectivity index (χ2n) is 16.4. The maximum atomic E-state index is 14.8. The summed E-state index contributed by atoms with van der Waals surface area (Å²) in [4.78, 5) is 63.1. The summed E-state index contributed by atoms with van der Waals surface area (Å²) in [6, 6.07) is 22.8. The van der Waals surface area contributed by atoms with Crippen molar-refractivity contribution in [3.63, 3.8) is 0 Å². The molecule has 5 atom stereocenters. The third kappa shape index (κ3) is 8.10. The lowest BCUT2D eigenvalue weighted by atomic mass is 9.85. The first-order valence-corrected chi connectivity index (χ1v) is 19.4. The van der Waals surface area contributed by atoms with E-state index in [2.05, 4.69) is 33.2 Å². The minimum absolute atomic E-state index is 0.0336. The van der Waals surface area contributed by atoms with Crippen LogP contribution in [0, 0.1) is 5.41 Å². The third-order valence-corrected chi connectivity index (χ3v) is 11.2. The first-order valence-electron chi connectivity index (χ1n) is 19.4. The summed E-state index contributed by atoms with van der Waals surface area (Å²) >= 11 is 0. The van der Waals surface area contributed by atoms with Gasteiger partial charge in [-0.25, -0.2) is 4.79 Å². The summed E-state index contributed by atoms with van der Waals surface area (Å²) in [5.41, 5.74) is 4.14. The molecule has 0 bridgehead atoms. The Morgan fingerprint density at radius 3 is 2.20 bits per heavy atom. The number of oxime groups is 1. The summed E-state index contributed by atoms with van der Waals surface area (Å²) in [5, 5.41) is 24.0. The fourth-order valence-electron chi connectivity index (χ4n) is 8.08. The second-order valence-corrected chi connectivity index (χ2v) is 16.4. The summed E-state index contributed by atoms with van der Waals surface area (Å²) in [7, 11) is 0. The van der Waals surface area contributed by atoms with Crippen molar-refractivity contribution in [2.75, 3.05) is 13.2 Å². The van der Waals surface area contributed by atoms with Crippen LogP contribution in [-0.4, -0.2) is 88.6 Å². The normalized spacial score (nSPS) is 21.8. The topological polar surface area (TPSA) is 159 Å². The number of rotatable bonds is 12. The predicted octanol–water partition coefficient (Wildman–Crippen LogP) is 5.03. The Labute approximate surface area is 322 Å². The molecule has 1 saturated carbocycles. The fraction of sp³-hybridized carbons (Fsp3) is 0.465. The molecule has 4 amide bonds. The lowest BCUT2D eigenvalue weighted by Crippen LogP contribution is -2.59. The van der Waals surface area contributed by atoms with Gasteiger partial charge < -0.3 is 35.5 Å². The van der Waals surface area contributed by atoms with Gasteiger partial charge in [0.2, 0.25) is 11.8 Å². The highest BCUT2D eigenvalue weighted by molar-refractivity contribution is 6.02. The van der Waals surface area contributed by atoms with E-state index < -0.39 is 59.1 Å². The molecule has 55 heavy (non-hydrogen) atoms. The number of nitrogens with one attached hydrogen (secondary N) is 3. The first-order chi connectivity index (χ1) is 26.4. The number of ether oxygens (including phenoxy) is 1. The van der Waals surface area contributed by atoms with Crippen LogP contribution in [0.2, 0.25) is 0 Å². The van der Waals surface area contributed by atoms with E-state index in [0.717, 1.165) is 40.7 Å². The molecule has 0 aromatic heterocycles. The maximum Gasteiger partial charge on any atom is 0.407 e. The van der Waals surface area contributed by atoms with Crippen molar-refractivity contribution in [2.45, 2.75) is 108 Å². The Balaban J connectivity index is 1.10. The van der Waals surface area contributed by atoms with E-state index in [9.17, 15) is 24.3 Å². The number of aliphatic hydroxyl groups is 1. The van der Waals surface area contributed by atoms with E-state index in [1.807, 2.05) is 94.4 Å². The van der Waals surface area contributed by atoms with Crippen LogP contribution in [-0.2, 0) is 24.0 Å². The zero-order chi connectivity index (χ0) is 38.9. The number of carbonyl (C=O) groups is 4. The summed E-state index contributed by atoms with van der Waals surface area (Å²) < 4.78 is 5.86. The minimum atomic E-state index is -1.46. The average Bonchev–Trinajstić information content (AvgIpc) is 3.63. The molecule has 7 rings (SSSR count). The fourth-order valence-corrected chi connectivity index (χ4v) is 8.08. The van der Waals surface area contributed by atoms with Crippen LogP contribution in [0.3, 0.4) is 0 Å². The molecule has 2 aliphatic carbocycles. The van der Waals surface area contributed by atoms with E-state index in [4.69, 9.17) is 9.57 Å². The molecular formula is C43H51N5O7. The molecule has 4 aliphatic rings. The molecule has 3 aromatic carbocycles. The number of likely N-dealkylation sites (tertiary alicyclic amines) is 1. The van der Waals surface area contributed by atoms with Gasteiger partial charge in [0.05, 0.1) is 18.3 Å². The molecule has 1 spiro atoms. The molecule has 12 heteroatoms. The molecule has 4 N–H and O–H groups in total. The lowest BCUT2D eigenvalue weighted by molar-refractivity contribution is -0.143. The SMILES string of the molecule is CCC[C@H](NC(=O)[C@@H]1C[C@]2(CC(c3ccccc3)=NO2)CN1C(=O)[C@@H](NC(=O)OCC1c2ccccc2-c2ccccc21)C(C)(C)C)C(O)C(=O)NC1CC1. The van der Waals surface area contributed by atoms with Gasteiger partial charge in [-0.3, -0.25) is 14.4 Å². The van der Waals surface area contributed by atoms with Gasteiger partial charge in [0.15, 0.2) is 11.7 Å². The van der Waals surface area contributed by atoms with E-state index >= 15 is 0 Å². The quantitative estimate of drug-likeness (QED) is 0.202. The van der Waals surface area contributed by atoms with Crippen LogP contribution in [0.4, 0.5) is 4.79 Å². The van der Waals surface area contributed by atoms with Gasteiger partial charge in [-0.2, -0.15) is 0 Å². The van der Waals surface area contributed by atoms with Crippen molar-refractivity contribution >= 4 is 29.5 Å². The molecule has 2 heterocycles. The van der Waals surface area contributed by atoms with Crippen LogP contribution >= 0.6 is 0 Å². The monoisotopic (exact) mass is 749 g/mol. The van der Waals surface area contributed by atoms with Crippen LogP contribution in [0.1, 0.15) is 88.8 Å². The van der Waals surface area contributed by atoms with E-state index in [-0.39, 0.29) is 31.5 Å². The number of fused-ring (bicyclic) bond motifs is 3. The smallest absolute Gasteiger partial charge is 0.407 e. The maximum absolute atomic E-state index is 14.8. The molecule has 1 unspecified atom stereocenters. The van der Waals surface area contributed by atoms with Gasteiger partial charge in [-0.15, -0.1) is 0 Å². The highest BCUT2D eigenvalue weighted by Crippen LogP contribution is 2.45. The standard InChI is InChI=1S/C43H51N5O7/c1-5-13-33(36(49)39(51)44-27-20-21-27)45-38(50)35-23-43(22-34(47-55-43)26-14-7-6-8-15-26)25-48(35)40(52)37(42(2,3)4)46-41(53)54-24-32-30-18-11-9-16-28(30)29-17-10-12-19-31(29)32/h6-12,14-19,27,32-33,35-37,49H,5,13,20-25H2,1-4H3,(H,44,51)(H,45,50)(H,46,53)/t33-,35-,36?,37+,43+/m0/s1. The summed E-state index contributed by atoms with van der Waals surface area (Å²) in [6.45, 7) is 7.54. The number of amides is 4. The lowest BCUT2D eigenvalue weighted by Gasteiger charge is -2.35. The van der Waals surface area contributed by atoms with Gasteiger partial charge in [-0.05, 0) is 52.5 Å². The third-order valence-electron chi connectivity index (χ3n) is 11.2. The molecule has 12 nitrogen and oxygen atoms in total. The number of nitrogens with zero attached hydrogens (tertiary/aromatic N) is 2. The number of hydrogen-bond donors (Lipinski definition) is 4. The number of hydrogen-bond acceptors (Lipinski definition) is 8. The van der Waals surface area contributed by atoms with Gasteiger partial charge >= 0.3 is 6.09 Å².